The van der Waals surface area contributed by atoms with Gasteiger partial charge in [-0.3, -0.25) is 0 Å². The van der Waals surface area contributed by atoms with Crippen LogP contribution in [0.3, 0.4) is 0 Å². The standard InChI is InChI=1S/C15H10ClN3O/c16-10-5-6-14(20-8-7-17)11(9-10)15-18-12-3-1-2-4-13(12)19-15/h1-6,9H,8H2,(H,18,19). The lowest BCUT2D eigenvalue weighted by molar-refractivity contribution is 0.369. The predicted molar refractivity (Wildman–Crippen MR) is 77.6 cm³/mol. The summed E-state index contributed by atoms with van der Waals surface area (Å²) in [5.74, 6) is 1.25. The molecule has 5 heteroatoms. The van der Waals surface area contributed by atoms with Gasteiger partial charge in [-0.2, -0.15) is 5.26 Å². The molecule has 20 heavy (non-hydrogen) atoms. The van der Waals surface area contributed by atoms with Crippen molar-refractivity contribution in [3.8, 4) is 23.2 Å². The minimum absolute atomic E-state index is 0.0190. The van der Waals surface area contributed by atoms with Crippen molar-refractivity contribution < 1.29 is 4.74 Å². The number of aromatic nitrogens is 2. The summed E-state index contributed by atoms with van der Waals surface area (Å²) < 4.78 is 5.41. The van der Waals surface area contributed by atoms with Crippen LogP contribution in [0, 0.1) is 11.3 Å². The molecule has 0 saturated heterocycles. The van der Waals surface area contributed by atoms with Gasteiger partial charge in [0.1, 0.15) is 17.6 Å². The van der Waals surface area contributed by atoms with Gasteiger partial charge in [0.25, 0.3) is 0 Å². The van der Waals surface area contributed by atoms with Crippen molar-refractivity contribution >= 4 is 22.6 Å². The second kappa shape index (κ2) is 5.24. The molecule has 1 aromatic heterocycles. The molecule has 0 fully saturated rings. The second-order valence-electron chi connectivity index (χ2n) is 4.19. The smallest absolute Gasteiger partial charge is 0.174 e. The predicted octanol–water partition coefficient (Wildman–Crippen LogP) is 3.79. The summed E-state index contributed by atoms with van der Waals surface area (Å²) in [6, 6.07) is 14.9. The zero-order chi connectivity index (χ0) is 13.9. The van der Waals surface area contributed by atoms with Crippen LogP contribution in [0.25, 0.3) is 22.4 Å². The van der Waals surface area contributed by atoms with Gasteiger partial charge >= 0.3 is 0 Å². The maximum Gasteiger partial charge on any atom is 0.174 e. The van der Waals surface area contributed by atoms with E-state index in [2.05, 4.69) is 9.97 Å². The number of nitrogens with one attached hydrogen (secondary N) is 1. The van der Waals surface area contributed by atoms with Crippen molar-refractivity contribution in [3.05, 3.63) is 47.5 Å². The van der Waals surface area contributed by atoms with Gasteiger partial charge in [-0.15, -0.1) is 0 Å². The highest BCUT2D eigenvalue weighted by molar-refractivity contribution is 6.30. The molecule has 0 aliphatic heterocycles. The molecule has 2 aromatic carbocycles. The van der Waals surface area contributed by atoms with E-state index in [9.17, 15) is 0 Å². The third-order valence-corrected chi connectivity index (χ3v) is 3.11. The van der Waals surface area contributed by atoms with E-state index in [1.807, 2.05) is 30.3 Å². The Hall–Kier alpha value is -2.51. The third kappa shape index (κ3) is 2.31. The van der Waals surface area contributed by atoms with Gasteiger partial charge in [-0.05, 0) is 30.3 Å². The number of benzene rings is 2. The Balaban J connectivity index is 2.12. The van der Waals surface area contributed by atoms with Gasteiger partial charge < -0.3 is 9.72 Å². The van der Waals surface area contributed by atoms with Gasteiger partial charge in [0.15, 0.2) is 6.61 Å². The average molecular weight is 284 g/mol. The Kier molecular flexibility index (Phi) is 3.28. The van der Waals surface area contributed by atoms with Crippen molar-refractivity contribution in [1.82, 2.24) is 9.97 Å². The molecular weight excluding hydrogens is 274 g/mol. The first-order chi connectivity index (χ1) is 9.78. The molecule has 1 N–H and O–H groups in total. The number of nitrogens with zero attached hydrogens (tertiary/aromatic N) is 2. The maximum absolute atomic E-state index is 8.63. The van der Waals surface area contributed by atoms with Crippen LogP contribution in [-0.2, 0) is 0 Å². The molecule has 0 bridgehead atoms. The number of nitriles is 1. The number of halogens is 1. The Morgan fingerprint density at radius 2 is 2.10 bits per heavy atom. The molecule has 0 unspecified atom stereocenters. The molecule has 0 saturated carbocycles. The number of para-hydroxylation sites is 2. The summed E-state index contributed by atoms with van der Waals surface area (Å²) in [5, 5.41) is 9.22. The molecule has 0 radical (unpaired) electrons. The summed E-state index contributed by atoms with van der Waals surface area (Å²) in [6.45, 7) is -0.0190. The Labute approximate surface area is 120 Å². The number of fused-ring (bicyclic) bond motifs is 1. The Morgan fingerprint density at radius 1 is 1.25 bits per heavy atom. The minimum atomic E-state index is -0.0190. The average Bonchev–Trinajstić information content (AvgIpc) is 2.89. The van der Waals surface area contributed by atoms with E-state index in [0.717, 1.165) is 16.6 Å². The fourth-order valence-corrected chi connectivity index (χ4v) is 2.18. The first-order valence-electron chi connectivity index (χ1n) is 6.02. The quantitative estimate of drug-likeness (QED) is 0.795. The van der Waals surface area contributed by atoms with Crippen LogP contribution in [0.4, 0.5) is 0 Å². The van der Waals surface area contributed by atoms with Gasteiger partial charge in [0.05, 0.1) is 16.6 Å². The van der Waals surface area contributed by atoms with E-state index >= 15 is 0 Å². The van der Waals surface area contributed by atoms with Gasteiger partial charge in [0.2, 0.25) is 0 Å². The molecule has 0 spiro atoms. The van der Waals surface area contributed by atoms with Gasteiger partial charge in [0, 0.05) is 5.02 Å². The third-order valence-electron chi connectivity index (χ3n) is 2.88. The number of hydrogen-bond acceptors (Lipinski definition) is 3. The molecule has 0 amide bonds. The van der Waals surface area contributed by atoms with Crippen LogP contribution < -0.4 is 4.74 Å². The Bertz CT molecular complexity index is 771. The fraction of sp³-hybridized carbons (Fsp3) is 0.0667. The summed E-state index contributed by atoms with van der Waals surface area (Å²) in [7, 11) is 0. The molecular formula is C15H10ClN3O. The lowest BCUT2D eigenvalue weighted by atomic mass is 10.2. The number of rotatable bonds is 3. The van der Waals surface area contributed by atoms with Crippen LogP contribution >= 0.6 is 11.6 Å². The highest BCUT2D eigenvalue weighted by Crippen LogP contribution is 2.32. The van der Waals surface area contributed by atoms with E-state index in [-0.39, 0.29) is 6.61 Å². The molecule has 3 aromatic rings. The van der Waals surface area contributed by atoms with Crippen molar-refractivity contribution in [3.63, 3.8) is 0 Å². The Morgan fingerprint density at radius 3 is 2.90 bits per heavy atom. The highest BCUT2D eigenvalue weighted by atomic mass is 35.5. The molecule has 0 aliphatic carbocycles. The van der Waals surface area contributed by atoms with Crippen molar-refractivity contribution in [1.29, 1.82) is 5.26 Å². The first-order valence-corrected chi connectivity index (χ1v) is 6.40. The molecule has 3 rings (SSSR count). The summed E-state index contributed by atoms with van der Waals surface area (Å²) in [5.41, 5.74) is 2.55. The zero-order valence-corrected chi connectivity index (χ0v) is 11.2. The van der Waals surface area contributed by atoms with Crippen molar-refractivity contribution in [2.24, 2.45) is 0 Å². The summed E-state index contributed by atoms with van der Waals surface area (Å²) in [6.07, 6.45) is 0. The summed E-state index contributed by atoms with van der Waals surface area (Å²) in [4.78, 5) is 7.74. The van der Waals surface area contributed by atoms with E-state index in [1.165, 1.54) is 0 Å². The van der Waals surface area contributed by atoms with Crippen LogP contribution in [0.5, 0.6) is 5.75 Å². The van der Waals surface area contributed by atoms with Crippen molar-refractivity contribution in [2.45, 2.75) is 0 Å². The lowest BCUT2D eigenvalue weighted by Gasteiger charge is -2.07. The van der Waals surface area contributed by atoms with E-state index in [0.29, 0.717) is 16.6 Å². The number of hydrogen-bond donors (Lipinski definition) is 1. The molecule has 0 aliphatic rings. The monoisotopic (exact) mass is 283 g/mol. The fourth-order valence-electron chi connectivity index (χ4n) is 2.00. The normalized spacial score (nSPS) is 10.4. The topological polar surface area (TPSA) is 61.7 Å². The molecule has 4 nitrogen and oxygen atoms in total. The van der Waals surface area contributed by atoms with Crippen molar-refractivity contribution in [2.75, 3.05) is 6.61 Å². The zero-order valence-electron chi connectivity index (χ0n) is 10.4. The maximum atomic E-state index is 8.63. The first kappa shape index (κ1) is 12.5. The van der Waals surface area contributed by atoms with Gasteiger partial charge in [-0.1, -0.05) is 23.7 Å². The number of aromatic amines is 1. The van der Waals surface area contributed by atoms with Crippen LogP contribution in [-0.4, -0.2) is 16.6 Å². The molecule has 98 valence electrons. The number of ether oxygens (including phenoxy) is 1. The van der Waals surface area contributed by atoms with E-state index < -0.39 is 0 Å². The SMILES string of the molecule is N#CCOc1ccc(Cl)cc1-c1nc2ccccc2[nH]1. The largest absolute Gasteiger partial charge is 0.478 e. The summed E-state index contributed by atoms with van der Waals surface area (Å²) >= 11 is 6.04. The van der Waals surface area contributed by atoms with Gasteiger partial charge in [-0.25, -0.2) is 4.98 Å². The minimum Gasteiger partial charge on any atom is -0.478 e. The van der Waals surface area contributed by atoms with Crippen LogP contribution in [0.2, 0.25) is 5.02 Å². The van der Waals surface area contributed by atoms with E-state index in [4.69, 9.17) is 21.6 Å². The molecule has 0 atom stereocenters. The van der Waals surface area contributed by atoms with Crippen LogP contribution in [0.1, 0.15) is 0 Å². The molecule has 1 heterocycles. The van der Waals surface area contributed by atoms with Crippen LogP contribution in [0.15, 0.2) is 42.5 Å². The lowest BCUT2D eigenvalue weighted by Crippen LogP contribution is -1.96. The highest BCUT2D eigenvalue weighted by Gasteiger charge is 2.11. The number of imidazole rings is 1. The second-order valence-corrected chi connectivity index (χ2v) is 4.63. The number of H-pyrrole nitrogens is 1. The van der Waals surface area contributed by atoms with E-state index in [1.54, 1.807) is 18.2 Å².